The first-order valence-corrected chi connectivity index (χ1v) is 5.15. The summed E-state index contributed by atoms with van der Waals surface area (Å²) < 4.78 is 0. The van der Waals surface area contributed by atoms with Crippen LogP contribution in [0.2, 0.25) is 0 Å². The van der Waals surface area contributed by atoms with Gasteiger partial charge in [-0.2, -0.15) is 0 Å². The Labute approximate surface area is 90.1 Å². The summed E-state index contributed by atoms with van der Waals surface area (Å²) in [7, 11) is 0. The average molecular weight is 201 g/mol. The second-order valence-electron chi connectivity index (χ2n) is 4.27. The van der Waals surface area contributed by atoms with Crippen molar-refractivity contribution >= 4 is 0 Å². The van der Waals surface area contributed by atoms with Crippen molar-refractivity contribution < 1.29 is 5.11 Å². The molecule has 1 aliphatic carbocycles. The largest absolute Gasteiger partial charge is 0.393 e. The van der Waals surface area contributed by atoms with Gasteiger partial charge in [0.05, 0.1) is 6.10 Å². The highest BCUT2D eigenvalue weighted by atomic mass is 16.3. The van der Waals surface area contributed by atoms with Crippen LogP contribution in [0.1, 0.15) is 24.0 Å². The monoisotopic (exact) mass is 201 g/mol. The van der Waals surface area contributed by atoms with Crippen molar-refractivity contribution in [1.29, 1.82) is 0 Å². The van der Waals surface area contributed by atoms with Crippen molar-refractivity contribution in [1.82, 2.24) is 0 Å². The van der Waals surface area contributed by atoms with Crippen LogP contribution in [0.15, 0.2) is 24.3 Å². The maximum atomic E-state index is 9.39. The van der Waals surface area contributed by atoms with Crippen LogP contribution in [0.3, 0.4) is 0 Å². The van der Waals surface area contributed by atoms with Gasteiger partial charge in [0.25, 0.3) is 0 Å². The zero-order valence-electron chi connectivity index (χ0n) is 8.61. The van der Waals surface area contributed by atoms with E-state index in [9.17, 15) is 5.11 Å². The number of rotatable bonds is 2. The summed E-state index contributed by atoms with van der Waals surface area (Å²) in [4.78, 5) is 0. The summed E-state index contributed by atoms with van der Waals surface area (Å²) in [5.41, 5.74) is 7.83. The minimum Gasteiger partial charge on any atom is -0.393 e. The van der Waals surface area contributed by atoms with Crippen LogP contribution in [0, 0.1) is 12.3 Å². The third-order valence-corrected chi connectivity index (χ3v) is 3.31. The van der Waals surface area contributed by atoms with Crippen LogP contribution in [0.5, 0.6) is 0 Å². The fourth-order valence-electron chi connectivity index (χ4n) is 2.28. The highest BCUT2D eigenvalue weighted by molar-refractivity contribution is 5.38. The van der Waals surface area contributed by atoms with Gasteiger partial charge in [-0.05, 0) is 30.5 Å². The molecule has 78 valence electrons. The third kappa shape index (κ3) is 1.65. The standard InChI is InChI=1S/C13H15NO/c1-2-10-3-5-11(6-4-10)13(9-14)7-12(15)8-13/h1,3-6,12,15H,7-9,14H2. The van der Waals surface area contributed by atoms with E-state index in [1.54, 1.807) is 0 Å². The van der Waals surface area contributed by atoms with Crippen LogP contribution < -0.4 is 5.73 Å². The van der Waals surface area contributed by atoms with Crippen LogP contribution in [-0.4, -0.2) is 17.8 Å². The van der Waals surface area contributed by atoms with Gasteiger partial charge in [-0.3, -0.25) is 0 Å². The fraction of sp³-hybridized carbons (Fsp3) is 0.385. The van der Waals surface area contributed by atoms with E-state index in [4.69, 9.17) is 12.2 Å². The molecule has 0 spiro atoms. The van der Waals surface area contributed by atoms with Crippen molar-refractivity contribution in [3.63, 3.8) is 0 Å². The Morgan fingerprint density at radius 3 is 2.40 bits per heavy atom. The summed E-state index contributed by atoms with van der Waals surface area (Å²) in [5, 5.41) is 9.39. The molecule has 1 saturated carbocycles. The van der Waals surface area contributed by atoms with E-state index in [0.717, 1.165) is 18.4 Å². The molecule has 2 nitrogen and oxygen atoms in total. The van der Waals surface area contributed by atoms with Gasteiger partial charge in [0.1, 0.15) is 0 Å². The summed E-state index contributed by atoms with van der Waals surface area (Å²) >= 11 is 0. The minimum atomic E-state index is -0.194. The SMILES string of the molecule is C#Cc1ccc(C2(CN)CC(O)C2)cc1. The molecule has 0 heterocycles. The Kier molecular flexibility index (Phi) is 2.52. The zero-order chi connectivity index (χ0) is 10.9. The first-order chi connectivity index (χ1) is 7.20. The normalized spacial score (nSPS) is 29.3. The van der Waals surface area contributed by atoms with E-state index in [1.165, 1.54) is 5.56 Å². The van der Waals surface area contributed by atoms with Gasteiger partial charge in [-0.1, -0.05) is 18.1 Å². The van der Waals surface area contributed by atoms with Gasteiger partial charge < -0.3 is 10.8 Å². The molecule has 1 fully saturated rings. The number of benzene rings is 1. The topological polar surface area (TPSA) is 46.2 Å². The van der Waals surface area contributed by atoms with E-state index in [1.807, 2.05) is 24.3 Å². The summed E-state index contributed by atoms with van der Waals surface area (Å²) in [5.74, 6) is 2.59. The lowest BCUT2D eigenvalue weighted by molar-refractivity contribution is 0.0221. The van der Waals surface area contributed by atoms with Crippen LogP contribution in [-0.2, 0) is 5.41 Å². The fourth-order valence-corrected chi connectivity index (χ4v) is 2.28. The minimum absolute atomic E-state index is 0.0213. The molecule has 0 radical (unpaired) electrons. The van der Waals surface area contributed by atoms with Gasteiger partial charge in [0, 0.05) is 17.5 Å². The third-order valence-electron chi connectivity index (χ3n) is 3.31. The molecule has 1 aliphatic rings. The van der Waals surface area contributed by atoms with Gasteiger partial charge in [-0.25, -0.2) is 0 Å². The van der Waals surface area contributed by atoms with Crippen LogP contribution in [0.4, 0.5) is 0 Å². The molecule has 0 aliphatic heterocycles. The number of terminal acetylenes is 1. The molecule has 2 heteroatoms. The van der Waals surface area contributed by atoms with Crippen LogP contribution >= 0.6 is 0 Å². The highest BCUT2D eigenvalue weighted by Crippen LogP contribution is 2.42. The Hall–Kier alpha value is -1.30. The first-order valence-electron chi connectivity index (χ1n) is 5.15. The number of nitrogens with two attached hydrogens (primary N) is 1. The molecule has 1 aromatic carbocycles. The lowest BCUT2D eigenvalue weighted by atomic mass is 9.63. The van der Waals surface area contributed by atoms with Crippen molar-refractivity contribution in [3.05, 3.63) is 35.4 Å². The van der Waals surface area contributed by atoms with Crippen molar-refractivity contribution in [2.24, 2.45) is 5.73 Å². The van der Waals surface area contributed by atoms with Crippen LogP contribution in [0.25, 0.3) is 0 Å². The number of aliphatic hydroxyl groups is 1. The zero-order valence-corrected chi connectivity index (χ0v) is 8.61. The number of aliphatic hydroxyl groups excluding tert-OH is 1. The molecule has 0 amide bonds. The Bertz CT molecular complexity index is 382. The predicted molar refractivity (Wildman–Crippen MR) is 60.4 cm³/mol. The summed E-state index contributed by atoms with van der Waals surface area (Å²) in [6, 6.07) is 7.90. The molecule has 3 N–H and O–H groups in total. The molecule has 0 atom stereocenters. The Morgan fingerprint density at radius 2 is 2.00 bits per heavy atom. The van der Waals surface area contributed by atoms with E-state index >= 15 is 0 Å². The lowest BCUT2D eigenvalue weighted by Crippen LogP contribution is -2.49. The van der Waals surface area contributed by atoms with Gasteiger partial charge >= 0.3 is 0 Å². The maximum absolute atomic E-state index is 9.39. The Morgan fingerprint density at radius 1 is 1.40 bits per heavy atom. The van der Waals surface area contributed by atoms with Crippen molar-refractivity contribution in [2.45, 2.75) is 24.4 Å². The second-order valence-corrected chi connectivity index (χ2v) is 4.27. The molecule has 15 heavy (non-hydrogen) atoms. The number of hydrogen-bond donors (Lipinski definition) is 2. The Balaban J connectivity index is 2.25. The van der Waals surface area contributed by atoms with E-state index in [2.05, 4.69) is 5.92 Å². The molecular formula is C13H15NO. The molecule has 2 rings (SSSR count). The molecule has 0 bridgehead atoms. The van der Waals surface area contributed by atoms with Gasteiger partial charge in [0.15, 0.2) is 0 Å². The average Bonchev–Trinajstić information content (AvgIpc) is 2.25. The van der Waals surface area contributed by atoms with Crippen molar-refractivity contribution in [3.8, 4) is 12.3 Å². The predicted octanol–water partition coefficient (Wildman–Crippen LogP) is 1.02. The lowest BCUT2D eigenvalue weighted by Gasteiger charge is -2.45. The second kappa shape index (κ2) is 3.69. The smallest absolute Gasteiger partial charge is 0.0558 e. The molecule has 0 aromatic heterocycles. The van der Waals surface area contributed by atoms with E-state index in [-0.39, 0.29) is 11.5 Å². The van der Waals surface area contributed by atoms with E-state index < -0.39 is 0 Å². The maximum Gasteiger partial charge on any atom is 0.0558 e. The molecule has 1 aromatic rings. The summed E-state index contributed by atoms with van der Waals surface area (Å²) in [6.45, 7) is 0.583. The van der Waals surface area contributed by atoms with Gasteiger partial charge in [-0.15, -0.1) is 6.42 Å². The molecule has 0 unspecified atom stereocenters. The van der Waals surface area contributed by atoms with Gasteiger partial charge in [0.2, 0.25) is 0 Å². The number of hydrogen-bond acceptors (Lipinski definition) is 2. The summed E-state index contributed by atoms with van der Waals surface area (Å²) in [6.07, 6.45) is 6.63. The first kappa shape index (κ1) is 10.2. The highest BCUT2D eigenvalue weighted by Gasteiger charge is 2.43. The molecular weight excluding hydrogens is 186 g/mol. The van der Waals surface area contributed by atoms with Crippen molar-refractivity contribution in [2.75, 3.05) is 6.54 Å². The molecule has 0 saturated heterocycles. The van der Waals surface area contributed by atoms with E-state index in [0.29, 0.717) is 6.54 Å². The quantitative estimate of drug-likeness (QED) is 0.702.